The Balaban J connectivity index is 2.44. The summed E-state index contributed by atoms with van der Waals surface area (Å²) in [4.78, 5) is 2.47. The lowest BCUT2D eigenvalue weighted by molar-refractivity contribution is 0.179. The molecule has 0 aromatic carbocycles. The molecule has 18 heavy (non-hydrogen) atoms. The van der Waals surface area contributed by atoms with Crippen molar-refractivity contribution in [1.82, 2.24) is 10.2 Å². The molecule has 0 fully saturated rings. The van der Waals surface area contributed by atoms with Gasteiger partial charge in [-0.15, -0.1) is 0 Å². The Morgan fingerprint density at radius 3 is 2.44 bits per heavy atom. The van der Waals surface area contributed by atoms with Crippen LogP contribution in [0.5, 0.6) is 0 Å². The van der Waals surface area contributed by atoms with E-state index in [4.69, 9.17) is 0 Å². The number of nitrogens with zero attached hydrogens (tertiary/aromatic N) is 1. The van der Waals surface area contributed by atoms with Crippen LogP contribution in [0.2, 0.25) is 0 Å². The molecule has 0 amide bonds. The monoisotopic (exact) mass is 268 g/mol. The molecule has 1 aromatic heterocycles. The fourth-order valence-corrected chi connectivity index (χ4v) is 2.87. The molecule has 0 saturated heterocycles. The van der Waals surface area contributed by atoms with Gasteiger partial charge in [0.2, 0.25) is 0 Å². The van der Waals surface area contributed by atoms with E-state index in [9.17, 15) is 0 Å². The molecule has 2 nitrogen and oxygen atoms in total. The Labute approximate surface area is 116 Å². The van der Waals surface area contributed by atoms with Crippen LogP contribution in [0.15, 0.2) is 16.8 Å². The maximum Gasteiger partial charge on any atom is 0.0244 e. The minimum absolute atomic E-state index is 0.601. The zero-order valence-electron chi connectivity index (χ0n) is 12.4. The lowest BCUT2D eigenvalue weighted by Gasteiger charge is -2.31. The molecule has 1 unspecified atom stereocenters. The smallest absolute Gasteiger partial charge is 0.0244 e. The number of thiophene rings is 1. The summed E-state index contributed by atoms with van der Waals surface area (Å²) in [5.74, 6) is 1.40. The van der Waals surface area contributed by atoms with E-state index in [-0.39, 0.29) is 0 Å². The first-order valence-electron chi connectivity index (χ1n) is 6.92. The van der Waals surface area contributed by atoms with Gasteiger partial charge in [-0.2, -0.15) is 11.3 Å². The highest BCUT2D eigenvalue weighted by molar-refractivity contribution is 7.07. The molecule has 1 N–H and O–H groups in total. The predicted octanol–water partition coefficient (Wildman–Crippen LogP) is 3.45. The summed E-state index contributed by atoms with van der Waals surface area (Å²) in [6, 6.07) is 2.82. The molecular formula is C15H28N2S. The second-order valence-electron chi connectivity index (χ2n) is 5.91. The summed E-state index contributed by atoms with van der Waals surface area (Å²) in [6.45, 7) is 12.4. The zero-order valence-corrected chi connectivity index (χ0v) is 13.3. The van der Waals surface area contributed by atoms with Crippen molar-refractivity contribution in [2.75, 3.05) is 20.1 Å². The summed E-state index contributed by atoms with van der Waals surface area (Å²) < 4.78 is 0. The van der Waals surface area contributed by atoms with Crippen molar-refractivity contribution >= 4 is 11.3 Å². The molecule has 1 aromatic rings. The number of hydrogen-bond acceptors (Lipinski definition) is 3. The quantitative estimate of drug-likeness (QED) is 0.777. The number of rotatable bonds is 8. The molecule has 0 aliphatic heterocycles. The van der Waals surface area contributed by atoms with Crippen molar-refractivity contribution < 1.29 is 0 Å². The standard InChI is InChI=1S/C15H28N2S/c1-12(2)8-16-9-15(13(3)4)17(5)10-14-6-7-18-11-14/h6-7,11-13,15-16H,8-10H2,1-5H3. The van der Waals surface area contributed by atoms with Gasteiger partial charge in [0, 0.05) is 19.1 Å². The molecule has 0 aliphatic carbocycles. The third-order valence-electron chi connectivity index (χ3n) is 3.25. The number of hydrogen-bond donors (Lipinski definition) is 1. The van der Waals surface area contributed by atoms with Crippen LogP contribution >= 0.6 is 11.3 Å². The van der Waals surface area contributed by atoms with Crippen LogP contribution in [0.25, 0.3) is 0 Å². The first kappa shape index (κ1) is 15.7. The maximum absolute atomic E-state index is 3.59. The first-order valence-corrected chi connectivity index (χ1v) is 7.87. The van der Waals surface area contributed by atoms with Crippen LogP contribution in [0, 0.1) is 11.8 Å². The first-order chi connectivity index (χ1) is 8.50. The Morgan fingerprint density at radius 1 is 1.22 bits per heavy atom. The average molecular weight is 268 g/mol. The highest BCUT2D eigenvalue weighted by Gasteiger charge is 2.18. The van der Waals surface area contributed by atoms with Gasteiger partial charge in [0.25, 0.3) is 0 Å². The van der Waals surface area contributed by atoms with Crippen molar-refractivity contribution in [3.05, 3.63) is 22.4 Å². The van der Waals surface area contributed by atoms with Crippen LogP contribution in [0.1, 0.15) is 33.3 Å². The molecule has 1 atom stereocenters. The summed E-state index contributed by atoms with van der Waals surface area (Å²) in [7, 11) is 2.24. The SMILES string of the molecule is CC(C)CNCC(C(C)C)N(C)Cc1ccsc1. The molecule has 0 aliphatic rings. The maximum atomic E-state index is 3.59. The fraction of sp³-hybridized carbons (Fsp3) is 0.733. The van der Waals surface area contributed by atoms with Crippen LogP contribution in [-0.4, -0.2) is 31.1 Å². The Morgan fingerprint density at radius 2 is 1.94 bits per heavy atom. The van der Waals surface area contributed by atoms with Gasteiger partial charge in [0.1, 0.15) is 0 Å². The highest BCUT2D eigenvalue weighted by Crippen LogP contribution is 2.14. The van der Waals surface area contributed by atoms with E-state index < -0.39 is 0 Å². The summed E-state index contributed by atoms with van der Waals surface area (Å²) >= 11 is 1.78. The second kappa shape index (κ2) is 7.93. The average Bonchev–Trinajstić information content (AvgIpc) is 2.75. The molecule has 0 saturated carbocycles. The van der Waals surface area contributed by atoms with Crippen LogP contribution < -0.4 is 5.32 Å². The van der Waals surface area contributed by atoms with Gasteiger partial charge in [0.15, 0.2) is 0 Å². The van der Waals surface area contributed by atoms with E-state index in [1.807, 2.05) is 0 Å². The van der Waals surface area contributed by atoms with Gasteiger partial charge < -0.3 is 5.32 Å². The van der Waals surface area contributed by atoms with Crippen molar-refractivity contribution in [3.63, 3.8) is 0 Å². The van der Waals surface area contributed by atoms with Gasteiger partial charge in [-0.3, -0.25) is 4.90 Å². The Kier molecular flexibility index (Phi) is 6.90. The number of nitrogens with one attached hydrogen (secondary N) is 1. The third kappa shape index (κ3) is 5.51. The molecule has 0 bridgehead atoms. The summed E-state index contributed by atoms with van der Waals surface area (Å²) in [6.07, 6.45) is 0. The van der Waals surface area contributed by atoms with E-state index in [2.05, 4.69) is 61.8 Å². The molecule has 104 valence electrons. The molecule has 0 spiro atoms. The normalized spacial score (nSPS) is 13.8. The lowest BCUT2D eigenvalue weighted by atomic mass is 10.0. The van der Waals surface area contributed by atoms with Gasteiger partial charge in [-0.1, -0.05) is 27.7 Å². The Bertz CT molecular complexity index is 306. The minimum Gasteiger partial charge on any atom is -0.315 e. The number of likely N-dealkylation sites (N-methyl/N-ethyl adjacent to an activating group) is 1. The molecule has 1 rings (SSSR count). The zero-order chi connectivity index (χ0) is 13.5. The van der Waals surface area contributed by atoms with Gasteiger partial charge in [0.05, 0.1) is 0 Å². The van der Waals surface area contributed by atoms with Gasteiger partial charge in [-0.05, 0) is 47.8 Å². The van der Waals surface area contributed by atoms with Gasteiger partial charge in [-0.25, -0.2) is 0 Å². The molecular weight excluding hydrogens is 240 g/mol. The van der Waals surface area contributed by atoms with E-state index in [1.165, 1.54) is 5.56 Å². The summed E-state index contributed by atoms with van der Waals surface area (Å²) in [5, 5.41) is 7.99. The largest absolute Gasteiger partial charge is 0.315 e. The molecule has 0 radical (unpaired) electrons. The highest BCUT2D eigenvalue weighted by atomic mass is 32.1. The predicted molar refractivity (Wildman–Crippen MR) is 82.1 cm³/mol. The summed E-state index contributed by atoms with van der Waals surface area (Å²) in [5.41, 5.74) is 1.43. The lowest BCUT2D eigenvalue weighted by Crippen LogP contribution is -2.43. The van der Waals surface area contributed by atoms with Crippen molar-refractivity contribution in [1.29, 1.82) is 0 Å². The van der Waals surface area contributed by atoms with E-state index in [0.717, 1.165) is 25.6 Å². The van der Waals surface area contributed by atoms with Crippen LogP contribution in [-0.2, 0) is 6.54 Å². The van der Waals surface area contributed by atoms with Gasteiger partial charge >= 0.3 is 0 Å². The van der Waals surface area contributed by atoms with Crippen molar-refractivity contribution in [3.8, 4) is 0 Å². The third-order valence-corrected chi connectivity index (χ3v) is 3.99. The van der Waals surface area contributed by atoms with Crippen molar-refractivity contribution in [2.24, 2.45) is 11.8 Å². The molecule has 3 heteroatoms. The van der Waals surface area contributed by atoms with Crippen molar-refractivity contribution in [2.45, 2.75) is 40.3 Å². The fourth-order valence-electron chi connectivity index (χ4n) is 2.21. The molecule has 1 heterocycles. The van der Waals surface area contributed by atoms with Crippen LogP contribution in [0.3, 0.4) is 0 Å². The second-order valence-corrected chi connectivity index (χ2v) is 6.69. The van der Waals surface area contributed by atoms with Crippen LogP contribution in [0.4, 0.5) is 0 Å². The Hall–Kier alpha value is -0.380. The van der Waals surface area contributed by atoms with E-state index in [1.54, 1.807) is 11.3 Å². The van der Waals surface area contributed by atoms with E-state index >= 15 is 0 Å². The van der Waals surface area contributed by atoms with E-state index in [0.29, 0.717) is 12.0 Å². The topological polar surface area (TPSA) is 15.3 Å². The minimum atomic E-state index is 0.601.